The summed E-state index contributed by atoms with van der Waals surface area (Å²) in [5.41, 5.74) is 1.48. The second-order valence-electron chi connectivity index (χ2n) is 6.99. The molecule has 2 aromatic rings. The third-order valence-electron chi connectivity index (χ3n) is 4.65. The van der Waals surface area contributed by atoms with E-state index in [1.807, 2.05) is 20.8 Å². The molecule has 2 amide bonds. The Kier molecular flexibility index (Phi) is 7.92. The van der Waals surface area contributed by atoms with E-state index in [1.54, 1.807) is 42.5 Å². The van der Waals surface area contributed by atoms with E-state index < -0.39 is 0 Å². The minimum absolute atomic E-state index is 0.0214. The number of rotatable bonds is 8. The average Bonchev–Trinajstić information content (AvgIpc) is 2.99. The van der Waals surface area contributed by atoms with Gasteiger partial charge in [0.25, 0.3) is 11.1 Å². The SMILES string of the molecule is CCOc1cc(/C=C2/SC(=O)N(Cc3ccc(Cl)cc3)C2=O)cc(Cl)c1O[C@H](C)CC. The Labute approximate surface area is 196 Å². The number of benzene rings is 2. The van der Waals surface area contributed by atoms with Crippen LogP contribution in [0.4, 0.5) is 4.79 Å². The van der Waals surface area contributed by atoms with Crippen LogP contribution in [0.25, 0.3) is 6.08 Å². The van der Waals surface area contributed by atoms with Crippen LogP contribution in [0, 0.1) is 0 Å². The molecule has 1 fully saturated rings. The summed E-state index contributed by atoms with van der Waals surface area (Å²) in [6.07, 6.45) is 2.45. The largest absolute Gasteiger partial charge is 0.490 e. The van der Waals surface area contributed by atoms with Crippen LogP contribution in [-0.4, -0.2) is 28.8 Å². The molecule has 3 rings (SSSR count). The molecule has 1 atom stereocenters. The van der Waals surface area contributed by atoms with E-state index in [9.17, 15) is 9.59 Å². The second-order valence-corrected chi connectivity index (χ2v) is 8.83. The molecule has 1 heterocycles. The molecule has 0 aliphatic carbocycles. The fraction of sp³-hybridized carbons (Fsp3) is 0.304. The molecule has 0 N–H and O–H groups in total. The first-order valence-corrected chi connectivity index (χ1v) is 11.5. The number of carbonyl (C=O) groups excluding carboxylic acids is 2. The number of amides is 2. The Morgan fingerprint density at radius 3 is 2.48 bits per heavy atom. The third-order valence-corrected chi connectivity index (χ3v) is 6.09. The summed E-state index contributed by atoms with van der Waals surface area (Å²) < 4.78 is 11.6. The zero-order valence-electron chi connectivity index (χ0n) is 17.5. The van der Waals surface area contributed by atoms with Crippen LogP contribution in [0.2, 0.25) is 10.0 Å². The topological polar surface area (TPSA) is 55.8 Å². The first kappa shape index (κ1) is 23.5. The molecule has 0 radical (unpaired) electrons. The van der Waals surface area contributed by atoms with Gasteiger partial charge in [-0.05, 0) is 73.5 Å². The van der Waals surface area contributed by atoms with Crippen molar-refractivity contribution in [2.75, 3.05) is 6.61 Å². The van der Waals surface area contributed by atoms with Gasteiger partial charge in [0.1, 0.15) is 0 Å². The van der Waals surface area contributed by atoms with E-state index in [2.05, 4.69) is 0 Å². The van der Waals surface area contributed by atoms with Gasteiger partial charge in [0.2, 0.25) is 0 Å². The van der Waals surface area contributed by atoms with Crippen LogP contribution in [0.5, 0.6) is 11.5 Å². The fourth-order valence-corrected chi connectivity index (χ4v) is 4.12. The lowest BCUT2D eigenvalue weighted by molar-refractivity contribution is -0.123. The summed E-state index contributed by atoms with van der Waals surface area (Å²) in [5, 5.41) is 0.664. The van der Waals surface area contributed by atoms with Crippen LogP contribution >= 0.6 is 35.0 Å². The smallest absolute Gasteiger partial charge is 0.293 e. The van der Waals surface area contributed by atoms with Crippen LogP contribution in [0.15, 0.2) is 41.3 Å². The Morgan fingerprint density at radius 2 is 1.84 bits per heavy atom. The van der Waals surface area contributed by atoms with Crippen molar-refractivity contribution >= 4 is 52.2 Å². The monoisotopic (exact) mass is 479 g/mol. The number of hydrogen-bond acceptors (Lipinski definition) is 5. The molecule has 164 valence electrons. The molecule has 0 aromatic heterocycles. The van der Waals surface area contributed by atoms with Crippen LogP contribution in [-0.2, 0) is 11.3 Å². The third kappa shape index (κ3) is 5.76. The minimum atomic E-state index is -0.348. The highest BCUT2D eigenvalue weighted by Crippen LogP contribution is 2.40. The van der Waals surface area contributed by atoms with Crippen LogP contribution in [0.3, 0.4) is 0 Å². The lowest BCUT2D eigenvalue weighted by atomic mass is 10.1. The molecule has 0 unspecified atom stereocenters. The maximum atomic E-state index is 12.8. The van der Waals surface area contributed by atoms with Crippen molar-refractivity contribution in [3.8, 4) is 11.5 Å². The van der Waals surface area contributed by atoms with Crippen LogP contribution < -0.4 is 9.47 Å². The summed E-state index contributed by atoms with van der Waals surface area (Å²) in [4.78, 5) is 26.8. The van der Waals surface area contributed by atoms with Gasteiger partial charge >= 0.3 is 0 Å². The van der Waals surface area contributed by atoms with Gasteiger partial charge in [0, 0.05) is 5.02 Å². The fourth-order valence-electron chi connectivity index (χ4n) is 2.89. The van der Waals surface area contributed by atoms with Gasteiger partial charge in [-0.15, -0.1) is 0 Å². The lowest BCUT2D eigenvalue weighted by Gasteiger charge is -2.18. The Balaban J connectivity index is 1.86. The predicted molar refractivity (Wildman–Crippen MR) is 126 cm³/mol. The number of nitrogens with zero attached hydrogens (tertiary/aromatic N) is 1. The van der Waals surface area contributed by atoms with Gasteiger partial charge in [-0.1, -0.05) is 42.3 Å². The predicted octanol–water partition coefficient (Wildman–Crippen LogP) is 6.81. The highest BCUT2D eigenvalue weighted by molar-refractivity contribution is 8.18. The number of hydrogen-bond donors (Lipinski definition) is 0. The van der Waals surface area contributed by atoms with Gasteiger partial charge in [0.15, 0.2) is 11.5 Å². The number of halogens is 2. The summed E-state index contributed by atoms with van der Waals surface area (Å²) in [6.45, 7) is 6.47. The zero-order valence-corrected chi connectivity index (χ0v) is 19.8. The van der Waals surface area contributed by atoms with Crippen molar-refractivity contribution < 1.29 is 19.1 Å². The summed E-state index contributed by atoms with van der Waals surface area (Å²) in [5.74, 6) is 0.631. The lowest BCUT2D eigenvalue weighted by Crippen LogP contribution is -2.27. The molecule has 5 nitrogen and oxygen atoms in total. The van der Waals surface area contributed by atoms with E-state index in [1.165, 1.54) is 4.90 Å². The molecule has 1 saturated heterocycles. The van der Waals surface area contributed by atoms with Gasteiger partial charge in [-0.2, -0.15) is 0 Å². The van der Waals surface area contributed by atoms with Gasteiger partial charge < -0.3 is 9.47 Å². The van der Waals surface area contributed by atoms with E-state index >= 15 is 0 Å². The minimum Gasteiger partial charge on any atom is -0.490 e. The summed E-state index contributed by atoms with van der Waals surface area (Å²) in [7, 11) is 0. The molecule has 2 aromatic carbocycles. The normalized spacial score (nSPS) is 16.2. The van der Waals surface area contributed by atoms with Crippen molar-refractivity contribution in [3.63, 3.8) is 0 Å². The second kappa shape index (κ2) is 10.4. The Morgan fingerprint density at radius 1 is 1.13 bits per heavy atom. The van der Waals surface area contributed by atoms with Gasteiger partial charge in [0.05, 0.1) is 29.2 Å². The molecule has 8 heteroatoms. The number of thioether (sulfide) groups is 1. The Hall–Kier alpha value is -2.15. The maximum absolute atomic E-state index is 12.8. The van der Waals surface area contributed by atoms with Gasteiger partial charge in [-0.25, -0.2) is 0 Å². The van der Waals surface area contributed by atoms with E-state index in [0.29, 0.717) is 38.6 Å². The van der Waals surface area contributed by atoms with Crippen molar-refractivity contribution in [2.24, 2.45) is 0 Å². The van der Waals surface area contributed by atoms with E-state index in [-0.39, 0.29) is 23.8 Å². The van der Waals surface area contributed by atoms with Crippen LogP contribution in [0.1, 0.15) is 38.3 Å². The number of carbonyl (C=O) groups is 2. The average molecular weight is 480 g/mol. The van der Waals surface area contributed by atoms with Gasteiger partial charge in [-0.3, -0.25) is 14.5 Å². The molecule has 0 saturated carbocycles. The summed E-state index contributed by atoms with van der Waals surface area (Å²) in [6, 6.07) is 10.5. The Bertz CT molecular complexity index is 1010. The standard InChI is InChI=1S/C23H23Cl2NO4S/c1-4-14(3)30-21-18(25)10-16(11-19(21)29-5-2)12-20-22(27)26(23(28)31-20)13-15-6-8-17(24)9-7-15/h6-12,14H,4-5,13H2,1-3H3/b20-12+/t14-/m1/s1. The highest BCUT2D eigenvalue weighted by Gasteiger charge is 2.35. The molecule has 0 spiro atoms. The molecule has 1 aliphatic rings. The van der Waals surface area contributed by atoms with E-state index in [4.69, 9.17) is 32.7 Å². The number of ether oxygens (including phenoxy) is 2. The number of imide groups is 1. The quantitative estimate of drug-likeness (QED) is 0.389. The van der Waals surface area contributed by atoms with Crippen molar-refractivity contribution in [1.82, 2.24) is 4.90 Å². The molecule has 0 bridgehead atoms. The van der Waals surface area contributed by atoms with Crippen molar-refractivity contribution in [3.05, 3.63) is 62.5 Å². The first-order chi connectivity index (χ1) is 14.8. The van der Waals surface area contributed by atoms with Crippen molar-refractivity contribution in [2.45, 2.75) is 39.8 Å². The molecular weight excluding hydrogens is 457 g/mol. The first-order valence-electron chi connectivity index (χ1n) is 9.95. The maximum Gasteiger partial charge on any atom is 0.293 e. The molecule has 1 aliphatic heterocycles. The zero-order chi connectivity index (χ0) is 22.5. The summed E-state index contributed by atoms with van der Waals surface area (Å²) >= 11 is 13.3. The molecular formula is C23H23Cl2NO4S. The van der Waals surface area contributed by atoms with Crippen molar-refractivity contribution in [1.29, 1.82) is 0 Å². The highest BCUT2D eigenvalue weighted by atomic mass is 35.5. The van der Waals surface area contributed by atoms with E-state index in [0.717, 1.165) is 23.7 Å². The molecule has 31 heavy (non-hydrogen) atoms.